The highest BCUT2D eigenvalue weighted by Gasteiger charge is 2.23. The summed E-state index contributed by atoms with van der Waals surface area (Å²) in [4.78, 5) is 23.4. The molecule has 1 amide bonds. The summed E-state index contributed by atoms with van der Waals surface area (Å²) in [6, 6.07) is 13.9. The Morgan fingerprint density at radius 2 is 1.60 bits per heavy atom. The second-order valence-electron chi connectivity index (χ2n) is 4.24. The molecule has 102 valence electrons. The highest BCUT2D eigenvalue weighted by Crippen LogP contribution is 2.16. The van der Waals surface area contributed by atoms with Crippen molar-refractivity contribution in [3.63, 3.8) is 0 Å². The standard InChI is InChI=1S/C15H14N2O3/c16-12-9-5-4-8-11(12)14(18)17-13(15(19)20)10-6-2-1-3-7-10/h1-9,13H,16H2,(H,17,18)(H,19,20). The zero-order valence-electron chi connectivity index (χ0n) is 10.6. The van der Waals surface area contributed by atoms with Crippen LogP contribution in [0.15, 0.2) is 54.6 Å². The average Bonchev–Trinajstić information content (AvgIpc) is 2.45. The minimum atomic E-state index is -1.13. The number of anilines is 1. The number of nitrogens with two attached hydrogens (primary N) is 1. The molecule has 5 heteroatoms. The van der Waals surface area contributed by atoms with E-state index in [1.165, 1.54) is 0 Å². The third-order valence-electron chi connectivity index (χ3n) is 2.86. The Balaban J connectivity index is 2.24. The Hall–Kier alpha value is -2.82. The molecule has 0 aliphatic heterocycles. The summed E-state index contributed by atoms with van der Waals surface area (Å²) < 4.78 is 0. The summed E-state index contributed by atoms with van der Waals surface area (Å²) in [5.74, 6) is -1.64. The van der Waals surface area contributed by atoms with Gasteiger partial charge >= 0.3 is 5.97 Å². The Kier molecular flexibility index (Phi) is 4.00. The first-order chi connectivity index (χ1) is 9.59. The zero-order valence-corrected chi connectivity index (χ0v) is 10.6. The number of hydrogen-bond acceptors (Lipinski definition) is 3. The third-order valence-corrected chi connectivity index (χ3v) is 2.86. The van der Waals surface area contributed by atoms with Crippen LogP contribution in [0, 0.1) is 0 Å². The third kappa shape index (κ3) is 2.95. The maximum atomic E-state index is 12.1. The van der Waals surface area contributed by atoms with Gasteiger partial charge in [0, 0.05) is 5.69 Å². The first-order valence-corrected chi connectivity index (χ1v) is 6.02. The number of carbonyl (C=O) groups excluding carboxylic acids is 1. The second-order valence-corrected chi connectivity index (χ2v) is 4.24. The van der Waals surface area contributed by atoms with Gasteiger partial charge in [0.05, 0.1) is 5.56 Å². The maximum Gasteiger partial charge on any atom is 0.330 e. The Bertz CT molecular complexity index is 626. The fourth-order valence-corrected chi connectivity index (χ4v) is 1.85. The van der Waals surface area contributed by atoms with Crippen LogP contribution in [0.4, 0.5) is 5.69 Å². The normalized spacial score (nSPS) is 11.6. The quantitative estimate of drug-likeness (QED) is 0.739. The van der Waals surface area contributed by atoms with Crippen LogP contribution in [-0.4, -0.2) is 17.0 Å². The van der Waals surface area contributed by atoms with Crippen LogP contribution in [0.25, 0.3) is 0 Å². The molecule has 4 N–H and O–H groups in total. The van der Waals surface area contributed by atoms with Crippen molar-refractivity contribution < 1.29 is 14.7 Å². The lowest BCUT2D eigenvalue weighted by molar-refractivity contribution is -0.139. The molecule has 2 rings (SSSR count). The molecule has 0 saturated carbocycles. The Morgan fingerprint density at radius 3 is 2.20 bits per heavy atom. The summed E-state index contributed by atoms with van der Waals surface area (Å²) in [6.45, 7) is 0. The van der Waals surface area contributed by atoms with Crippen molar-refractivity contribution in [1.82, 2.24) is 5.32 Å². The summed E-state index contributed by atoms with van der Waals surface area (Å²) in [7, 11) is 0. The molecular formula is C15H14N2O3. The van der Waals surface area contributed by atoms with Gasteiger partial charge in [0.2, 0.25) is 0 Å². The average molecular weight is 270 g/mol. The van der Waals surface area contributed by atoms with E-state index in [2.05, 4.69) is 5.32 Å². The van der Waals surface area contributed by atoms with Crippen molar-refractivity contribution in [3.05, 3.63) is 65.7 Å². The molecule has 0 spiro atoms. The number of benzene rings is 2. The van der Waals surface area contributed by atoms with Gasteiger partial charge in [0.1, 0.15) is 0 Å². The van der Waals surface area contributed by atoms with Gasteiger partial charge in [0.25, 0.3) is 5.91 Å². The fraction of sp³-hybridized carbons (Fsp3) is 0.0667. The van der Waals surface area contributed by atoms with Crippen LogP contribution in [0.1, 0.15) is 22.0 Å². The van der Waals surface area contributed by atoms with Crippen molar-refractivity contribution in [3.8, 4) is 0 Å². The minimum Gasteiger partial charge on any atom is -0.479 e. The molecule has 1 atom stereocenters. The lowest BCUT2D eigenvalue weighted by Crippen LogP contribution is -2.34. The van der Waals surface area contributed by atoms with Crippen molar-refractivity contribution in [2.24, 2.45) is 0 Å². The van der Waals surface area contributed by atoms with Crippen molar-refractivity contribution in [2.45, 2.75) is 6.04 Å². The fourth-order valence-electron chi connectivity index (χ4n) is 1.85. The molecule has 0 aliphatic rings. The lowest BCUT2D eigenvalue weighted by atomic mass is 10.1. The molecule has 0 radical (unpaired) electrons. The molecule has 1 unspecified atom stereocenters. The van der Waals surface area contributed by atoms with Gasteiger partial charge in [-0.05, 0) is 17.7 Å². The van der Waals surface area contributed by atoms with E-state index in [0.717, 1.165) is 0 Å². The van der Waals surface area contributed by atoms with Crippen LogP contribution in [0.2, 0.25) is 0 Å². The molecule has 0 saturated heterocycles. The maximum absolute atomic E-state index is 12.1. The number of nitrogens with one attached hydrogen (secondary N) is 1. The molecule has 0 aromatic heterocycles. The van der Waals surface area contributed by atoms with Crippen molar-refractivity contribution >= 4 is 17.6 Å². The molecule has 0 bridgehead atoms. The first kappa shape index (κ1) is 13.6. The van der Waals surface area contributed by atoms with E-state index in [-0.39, 0.29) is 5.56 Å². The van der Waals surface area contributed by atoms with E-state index in [0.29, 0.717) is 11.3 Å². The number of nitrogen functional groups attached to an aromatic ring is 1. The second kappa shape index (κ2) is 5.88. The molecule has 2 aromatic carbocycles. The summed E-state index contributed by atoms with van der Waals surface area (Å²) in [5, 5.41) is 11.7. The SMILES string of the molecule is Nc1ccccc1C(=O)NC(C(=O)O)c1ccccc1. The molecule has 2 aromatic rings. The molecule has 5 nitrogen and oxygen atoms in total. The monoisotopic (exact) mass is 270 g/mol. The molecule has 0 fully saturated rings. The Morgan fingerprint density at radius 1 is 1.00 bits per heavy atom. The number of rotatable bonds is 4. The van der Waals surface area contributed by atoms with E-state index in [1.807, 2.05) is 0 Å². The van der Waals surface area contributed by atoms with E-state index in [4.69, 9.17) is 5.73 Å². The minimum absolute atomic E-state index is 0.259. The van der Waals surface area contributed by atoms with Crippen LogP contribution >= 0.6 is 0 Å². The van der Waals surface area contributed by atoms with Gasteiger partial charge in [-0.3, -0.25) is 4.79 Å². The zero-order chi connectivity index (χ0) is 14.5. The summed E-state index contributed by atoms with van der Waals surface area (Å²) >= 11 is 0. The topological polar surface area (TPSA) is 92.4 Å². The van der Waals surface area contributed by atoms with Crippen LogP contribution in [-0.2, 0) is 4.79 Å². The van der Waals surface area contributed by atoms with Crippen LogP contribution < -0.4 is 11.1 Å². The summed E-state index contributed by atoms with van der Waals surface area (Å²) in [6.07, 6.45) is 0. The number of carbonyl (C=O) groups is 2. The van der Waals surface area contributed by atoms with Gasteiger partial charge in [-0.2, -0.15) is 0 Å². The van der Waals surface area contributed by atoms with Gasteiger partial charge in [-0.25, -0.2) is 4.79 Å². The number of para-hydroxylation sites is 1. The highest BCUT2D eigenvalue weighted by atomic mass is 16.4. The van der Waals surface area contributed by atoms with E-state index in [1.54, 1.807) is 54.6 Å². The smallest absolute Gasteiger partial charge is 0.330 e. The number of carboxylic acid groups (broad SMARTS) is 1. The van der Waals surface area contributed by atoms with E-state index < -0.39 is 17.9 Å². The van der Waals surface area contributed by atoms with Crippen LogP contribution in [0.3, 0.4) is 0 Å². The lowest BCUT2D eigenvalue weighted by Gasteiger charge is -2.15. The number of hydrogen-bond donors (Lipinski definition) is 3. The molecule has 20 heavy (non-hydrogen) atoms. The Labute approximate surface area is 116 Å². The number of carboxylic acids is 1. The molecule has 0 heterocycles. The summed E-state index contributed by atoms with van der Waals surface area (Å²) in [5.41, 5.74) is 6.77. The van der Waals surface area contributed by atoms with Crippen molar-refractivity contribution in [2.75, 3.05) is 5.73 Å². The predicted molar refractivity (Wildman–Crippen MR) is 75.1 cm³/mol. The van der Waals surface area contributed by atoms with Gasteiger partial charge in [0.15, 0.2) is 6.04 Å². The van der Waals surface area contributed by atoms with E-state index >= 15 is 0 Å². The van der Waals surface area contributed by atoms with Crippen LogP contribution in [0.5, 0.6) is 0 Å². The van der Waals surface area contributed by atoms with Gasteiger partial charge in [-0.1, -0.05) is 42.5 Å². The number of amides is 1. The van der Waals surface area contributed by atoms with Crippen molar-refractivity contribution in [1.29, 1.82) is 0 Å². The molecular weight excluding hydrogens is 256 g/mol. The largest absolute Gasteiger partial charge is 0.479 e. The first-order valence-electron chi connectivity index (χ1n) is 6.02. The number of aliphatic carboxylic acids is 1. The van der Waals surface area contributed by atoms with Gasteiger partial charge in [-0.15, -0.1) is 0 Å². The molecule has 0 aliphatic carbocycles. The highest BCUT2D eigenvalue weighted by molar-refractivity contribution is 6.00. The predicted octanol–water partition coefficient (Wildman–Crippen LogP) is 1.82. The van der Waals surface area contributed by atoms with Gasteiger partial charge < -0.3 is 16.2 Å². The van der Waals surface area contributed by atoms with E-state index in [9.17, 15) is 14.7 Å².